The molecule has 0 aliphatic carbocycles. The molecule has 3 heterocycles. The summed E-state index contributed by atoms with van der Waals surface area (Å²) in [6, 6.07) is 7.36. The number of anilines is 3. The van der Waals surface area contributed by atoms with Crippen LogP contribution in [0.25, 0.3) is 0 Å². The highest BCUT2D eigenvalue weighted by molar-refractivity contribution is 5.66. The van der Waals surface area contributed by atoms with Crippen molar-refractivity contribution in [1.82, 2.24) is 15.0 Å². The van der Waals surface area contributed by atoms with Crippen LogP contribution in [-0.4, -0.2) is 47.1 Å². The number of nitrogens with zero attached hydrogens (tertiary/aromatic N) is 5. The van der Waals surface area contributed by atoms with Crippen molar-refractivity contribution in [3.8, 4) is 0 Å². The molecule has 8 heteroatoms. The fourth-order valence-corrected chi connectivity index (χ4v) is 4.26. The molecule has 2 aliphatic rings. The Kier molecular flexibility index (Phi) is 6.84. The summed E-state index contributed by atoms with van der Waals surface area (Å²) in [5.41, 5.74) is 1.99. The van der Waals surface area contributed by atoms with Crippen LogP contribution in [0.2, 0.25) is 0 Å². The fraction of sp³-hybridized carbons (Fsp3) is 0.565. The number of carbonyl (C=O) groups excluding carboxylic acids is 1. The van der Waals surface area contributed by atoms with Gasteiger partial charge in [0.1, 0.15) is 0 Å². The smallest absolute Gasteiger partial charge is 0.231 e. The highest BCUT2D eigenvalue weighted by atomic mass is 16.4. The average Bonchev–Trinajstić information content (AvgIpc) is 2.80. The van der Waals surface area contributed by atoms with E-state index < -0.39 is 12.0 Å². The minimum Gasteiger partial charge on any atom is -0.550 e. The van der Waals surface area contributed by atoms with E-state index in [4.69, 9.17) is 15.0 Å². The number of hydrogen-bond donors (Lipinski definition) is 1. The number of rotatable bonds is 7. The quantitative estimate of drug-likeness (QED) is 0.725. The van der Waals surface area contributed by atoms with E-state index in [2.05, 4.69) is 15.1 Å². The largest absolute Gasteiger partial charge is 0.550 e. The minimum atomic E-state index is -1.11. The van der Waals surface area contributed by atoms with Gasteiger partial charge in [-0.3, -0.25) is 0 Å². The number of nitrogens with one attached hydrogen (secondary N) is 1. The third-order valence-electron chi connectivity index (χ3n) is 6.04. The second kappa shape index (κ2) is 9.94. The Labute approximate surface area is 183 Å². The lowest BCUT2D eigenvalue weighted by Crippen LogP contribution is -2.35. The molecule has 1 N–H and O–H groups in total. The maximum atomic E-state index is 11.4. The molecule has 2 aromatic rings. The predicted molar refractivity (Wildman–Crippen MR) is 119 cm³/mol. The zero-order chi connectivity index (χ0) is 21.6. The minimum absolute atomic E-state index is 0.160. The second-order valence-corrected chi connectivity index (χ2v) is 8.54. The van der Waals surface area contributed by atoms with Gasteiger partial charge in [0.15, 0.2) is 0 Å². The van der Waals surface area contributed by atoms with Crippen molar-refractivity contribution in [2.45, 2.75) is 57.9 Å². The summed E-state index contributed by atoms with van der Waals surface area (Å²) in [6.45, 7) is 5.74. The van der Waals surface area contributed by atoms with E-state index in [-0.39, 0.29) is 6.42 Å². The fourth-order valence-electron chi connectivity index (χ4n) is 4.26. The van der Waals surface area contributed by atoms with Crippen LogP contribution in [0.15, 0.2) is 24.3 Å². The molecule has 0 saturated carbocycles. The molecule has 166 valence electrons. The first-order valence-electron chi connectivity index (χ1n) is 11.4. The third-order valence-corrected chi connectivity index (χ3v) is 6.04. The molecular weight excluding hydrogens is 392 g/mol. The van der Waals surface area contributed by atoms with Gasteiger partial charge in [-0.25, -0.2) is 0 Å². The Bertz CT molecular complexity index is 840. The van der Waals surface area contributed by atoms with Crippen LogP contribution >= 0.6 is 0 Å². The Balaban J connectivity index is 1.65. The number of hydrogen-bond acceptors (Lipinski definition) is 8. The first kappa shape index (κ1) is 21.3. The molecule has 0 bridgehead atoms. The van der Waals surface area contributed by atoms with Crippen molar-refractivity contribution in [1.29, 1.82) is 0 Å². The first-order chi connectivity index (χ1) is 15.1. The van der Waals surface area contributed by atoms with Gasteiger partial charge in [0.2, 0.25) is 17.8 Å². The average molecular weight is 424 g/mol. The summed E-state index contributed by atoms with van der Waals surface area (Å²) in [7, 11) is 0. The van der Waals surface area contributed by atoms with Gasteiger partial charge in [0.05, 0.1) is 6.04 Å². The van der Waals surface area contributed by atoms with Crippen LogP contribution in [0, 0.1) is 6.92 Å². The summed E-state index contributed by atoms with van der Waals surface area (Å²) >= 11 is 0. The molecule has 8 nitrogen and oxygen atoms in total. The highest BCUT2D eigenvalue weighted by Crippen LogP contribution is 2.26. The molecule has 2 aliphatic heterocycles. The topological polar surface area (TPSA) is 97.3 Å². The van der Waals surface area contributed by atoms with Gasteiger partial charge in [-0.1, -0.05) is 29.8 Å². The lowest BCUT2D eigenvalue weighted by Gasteiger charge is -2.30. The Morgan fingerprint density at radius 2 is 1.42 bits per heavy atom. The van der Waals surface area contributed by atoms with Crippen molar-refractivity contribution in [2.24, 2.45) is 0 Å². The zero-order valence-electron chi connectivity index (χ0n) is 18.2. The number of carbonyl (C=O) groups is 1. The van der Waals surface area contributed by atoms with E-state index in [1.54, 1.807) is 0 Å². The van der Waals surface area contributed by atoms with Gasteiger partial charge in [-0.2, -0.15) is 15.0 Å². The Hall–Kier alpha value is -2.90. The van der Waals surface area contributed by atoms with E-state index in [0.29, 0.717) is 17.8 Å². The lowest BCUT2D eigenvalue weighted by atomic mass is 10.0. The number of aryl methyl sites for hydroxylation is 1. The second-order valence-electron chi connectivity index (χ2n) is 8.54. The van der Waals surface area contributed by atoms with Crippen molar-refractivity contribution < 1.29 is 9.90 Å². The number of benzene rings is 1. The number of carboxylic acids is 1. The van der Waals surface area contributed by atoms with Gasteiger partial charge in [0.25, 0.3) is 0 Å². The third kappa shape index (κ3) is 5.62. The molecule has 0 unspecified atom stereocenters. The molecule has 1 aromatic carbocycles. The van der Waals surface area contributed by atoms with Crippen LogP contribution < -0.4 is 20.2 Å². The van der Waals surface area contributed by atoms with Crippen molar-refractivity contribution >= 4 is 23.8 Å². The summed E-state index contributed by atoms with van der Waals surface area (Å²) in [5, 5.41) is 14.7. The molecule has 1 aromatic heterocycles. The van der Waals surface area contributed by atoms with E-state index in [9.17, 15) is 9.90 Å². The molecule has 0 radical (unpaired) electrons. The van der Waals surface area contributed by atoms with Gasteiger partial charge in [0, 0.05) is 38.6 Å². The van der Waals surface area contributed by atoms with Gasteiger partial charge >= 0.3 is 0 Å². The van der Waals surface area contributed by atoms with Crippen molar-refractivity contribution in [3.05, 3.63) is 35.4 Å². The normalized spacial score (nSPS) is 18.0. The van der Waals surface area contributed by atoms with Crippen LogP contribution in [0.1, 0.15) is 62.1 Å². The lowest BCUT2D eigenvalue weighted by molar-refractivity contribution is -0.306. The van der Waals surface area contributed by atoms with Crippen LogP contribution in [-0.2, 0) is 4.79 Å². The SMILES string of the molecule is Cc1ccc([C@@H](CC(=O)[O-])Nc2nc(N3CCCCC3)nc(N3CCCCC3)n2)cc1. The van der Waals surface area contributed by atoms with E-state index in [1.807, 2.05) is 31.2 Å². The molecule has 31 heavy (non-hydrogen) atoms. The summed E-state index contributed by atoms with van der Waals surface area (Å²) in [5.74, 6) is 0.658. The number of aromatic nitrogens is 3. The maximum Gasteiger partial charge on any atom is 0.231 e. The molecular formula is C23H31N6O2-. The van der Waals surface area contributed by atoms with Gasteiger partial charge in [-0.15, -0.1) is 0 Å². The summed E-state index contributed by atoms with van der Waals surface area (Å²) in [4.78, 5) is 30.1. The van der Waals surface area contributed by atoms with Crippen molar-refractivity contribution in [3.63, 3.8) is 0 Å². The molecule has 2 saturated heterocycles. The van der Waals surface area contributed by atoms with E-state index >= 15 is 0 Å². The Morgan fingerprint density at radius 1 is 0.903 bits per heavy atom. The van der Waals surface area contributed by atoms with Gasteiger partial charge < -0.3 is 25.0 Å². The molecule has 0 spiro atoms. The van der Waals surface area contributed by atoms with Gasteiger partial charge in [-0.05, 0) is 51.0 Å². The molecule has 4 rings (SSSR count). The standard InChI is InChI=1S/C23H32N6O2/c1-17-8-10-18(11-9-17)19(16-20(30)31)24-21-25-22(28-12-4-2-5-13-28)27-23(26-21)29-14-6-3-7-15-29/h8-11,19H,2-7,12-16H2,1H3,(H,30,31)(H,24,25,26,27)/p-1/t19-/m1/s1. The van der Waals surface area contributed by atoms with Crippen LogP contribution in [0.4, 0.5) is 17.8 Å². The van der Waals surface area contributed by atoms with E-state index in [0.717, 1.165) is 63.0 Å². The van der Waals surface area contributed by atoms with Crippen molar-refractivity contribution in [2.75, 3.05) is 41.3 Å². The number of carboxylic acid groups (broad SMARTS) is 1. The Morgan fingerprint density at radius 3 is 1.90 bits per heavy atom. The highest BCUT2D eigenvalue weighted by Gasteiger charge is 2.22. The van der Waals surface area contributed by atoms with Crippen LogP contribution in [0.3, 0.4) is 0 Å². The zero-order valence-corrected chi connectivity index (χ0v) is 18.2. The first-order valence-corrected chi connectivity index (χ1v) is 11.4. The molecule has 0 amide bonds. The summed E-state index contributed by atoms with van der Waals surface area (Å²) < 4.78 is 0. The molecule has 1 atom stereocenters. The van der Waals surface area contributed by atoms with Crippen LogP contribution in [0.5, 0.6) is 0 Å². The molecule has 2 fully saturated rings. The van der Waals surface area contributed by atoms with E-state index in [1.165, 1.54) is 12.8 Å². The number of aliphatic carboxylic acids is 1. The maximum absolute atomic E-state index is 11.4. The number of piperidine rings is 2. The predicted octanol–water partition coefficient (Wildman–Crippen LogP) is 2.45. The monoisotopic (exact) mass is 423 g/mol. The summed E-state index contributed by atoms with van der Waals surface area (Å²) in [6.07, 6.45) is 6.81.